The van der Waals surface area contributed by atoms with Gasteiger partial charge in [-0.1, -0.05) is 29.7 Å². The average molecular weight is 348 g/mol. The lowest BCUT2D eigenvalue weighted by Crippen LogP contribution is -1.55. The molecule has 0 aromatic carbocycles. The van der Waals surface area contributed by atoms with Crippen LogP contribution in [0.25, 0.3) is 0 Å². The van der Waals surface area contributed by atoms with Crippen LogP contribution >= 0.6 is 0 Å². The average Bonchev–Trinajstić information content (AvgIpc) is 2.52. The number of aliphatic hydroxyl groups excluding tert-OH is 2. The maximum atomic E-state index is 7.00. The SMILES string of the molecule is C.C.C.C.CO.CO.COC.COC.O=O.O=O.O=O.O=O. The molecule has 0 spiro atoms. The smallest absolute Gasteiger partial charge is 0.0351 e. The van der Waals surface area contributed by atoms with Gasteiger partial charge in [0.25, 0.3) is 0 Å². The maximum Gasteiger partial charge on any atom is 0.0351 e. The molecular weight excluding hydrogens is 312 g/mol. The van der Waals surface area contributed by atoms with E-state index in [-0.39, 0.29) is 29.7 Å². The fourth-order valence-electron chi connectivity index (χ4n) is 0. The van der Waals surface area contributed by atoms with Crippen LogP contribution in [0.2, 0.25) is 0 Å². The van der Waals surface area contributed by atoms with Crippen LogP contribution in [0, 0.1) is 39.7 Å². The van der Waals surface area contributed by atoms with E-state index in [0.29, 0.717) is 0 Å². The van der Waals surface area contributed by atoms with Gasteiger partial charge in [-0.15, -0.1) is 0 Å². The maximum absolute atomic E-state index is 7.00. The van der Waals surface area contributed by atoms with Gasteiger partial charge in [0.2, 0.25) is 0 Å². The topological polar surface area (TPSA) is 195 Å². The Hall–Kier alpha value is -1.76. The number of hydrogen-bond donors (Lipinski definition) is 2. The van der Waals surface area contributed by atoms with Gasteiger partial charge < -0.3 is 19.7 Å². The van der Waals surface area contributed by atoms with Crippen molar-refractivity contribution >= 4 is 0 Å². The van der Waals surface area contributed by atoms with Crippen molar-refractivity contribution in [3.63, 3.8) is 0 Å². The van der Waals surface area contributed by atoms with Gasteiger partial charge in [-0.25, -0.2) is 0 Å². The van der Waals surface area contributed by atoms with Crippen LogP contribution in [0.15, 0.2) is 0 Å². The van der Waals surface area contributed by atoms with Gasteiger partial charge in [-0.2, -0.15) is 0 Å². The molecule has 0 fully saturated rings. The summed E-state index contributed by atoms with van der Waals surface area (Å²) in [6.45, 7) is 0. The second-order valence-electron chi connectivity index (χ2n) is 0.816. The summed E-state index contributed by atoms with van der Waals surface area (Å²) in [6, 6.07) is 0. The van der Waals surface area contributed by atoms with Gasteiger partial charge in [0.1, 0.15) is 0 Å². The molecule has 0 atom stereocenters. The van der Waals surface area contributed by atoms with Crippen molar-refractivity contribution in [2.24, 2.45) is 0 Å². The first-order chi connectivity index (χ1) is 8.83. The van der Waals surface area contributed by atoms with E-state index >= 15 is 0 Å². The van der Waals surface area contributed by atoms with Crippen molar-refractivity contribution in [2.45, 2.75) is 29.7 Å². The third-order valence-corrected chi connectivity index (χ3v) is 0. The van der Waals surface area contributed by atoms with Crippen molar-refractivity contribution in [1.29, 1.82) is 0 Å². The number of ether oxygens (including phenoxy) is 2. The van der Waals surface area contributed by atoms with Crippen molar-refractivity contribution in [3.05, 3.63) is 39.7 Å². The van der Waals surface area contributed by atoms with E-state index in [2.05, 4.69) is 9.47 Å². The molecule has 0 aromatic rings. The first kappa shape index (κ1) is 110. The molecule has 12 nitrogen and oxygen atoms in total. The summed E-state index contributed by atoms with van der Waals surface area (Å²) in [5, 5.41) is 14.0. The Morgan fingerprint density at radius 3 is 0.409 bits per heavy atom. The van der Waals surface area contributed by atoms with Gasteiger partial charge in [0.05, 0.1) is 0 Å². The highest BCUT2D eigenvalue weighted by molar-refractivity contribution is 4.08. The molecule has 0 unspecified atom stereocenters. The highest BCUT2D eigenvalue weighted by Gasteiger charge is 1.26. The molecule has 0 saturated heterocycles. The second-order valence-corrected chi connectivity index (χ2v) is 0.816. The van der Waals surface area contributed by atoms with Crippen molar-refractivity contribution in [1.82, 2.24) is 0 Å². The van der Waals surface area contributed by atoms with Gasteiger partial charge in [-0.05, 0) is 0 Å². The molecule has 0 aliphatic heterocycles. The fraction of sp³-hybridized carbons (Fsp3) is 1.00. The third-order valence-electron chi connectivity index (χ3n) is 0. The van der Waals surface area contributed by atoms with Crippen LogP contribution in [0.3, 0.4) is 0 Å². The molecule has 2 N–H and O–H groups in total. The summed E-state index contributed by atoms with van der Waals surface area (Å²) < 4.78 is 8.50. The van der Waals surface area contributed by atoms with E-state index in [4.69, 9.17) is 49.9 Å². The minimum atomic E-state index is 0. The van der Waals surface area contributed by atoms with Crippen LogP contribution in [0.5, 0.6) is 0 Å². The minimum Gasteiger partial charge on any atom is -0.400 e. The molecule has 0 radical (unpaired) electrons. The summed E-state index contributed by atoms with van der Waals surface area (Å²) >= 11 is 0. The Morgan fingerprint density at radius 2 is 0.409 bits per heavy atom. The standard InChI is InChI=1S/2C2H6O.2CH4O.4CH4.4O2/c2*1-3-2;2*1-2;;;;;4*1-2/h2*1-2H3;2*2H,1H3;4*1H4;;;;. The minimum absolute atomic E-state index is 0. The fourth-order valence-corrected chi connectivity index (χ4v) is 0. The Morgan fingerprint density at radius 1 is 0.409 bits per heavy atom. The third kappa shape index (κ3) is 1750. The molecular formula is C10H36O12. The molecule has 0 aliphatic carbocycles. The lowest BCUT2D eigenvalue weighted by molar-refractivity contribution is 0.277. The number of rotatable bonds is 0. The second kappa shape index (κ2) is 111000. The van der Waals surface area contributed by atoms with E-state index in [1.165, 1.54) is 0 Å². The molecule has 22 heavy (non-hydrogen) atoms. The number of hydrogen-bond acceptors (Lipinski definition) is 12. The zero-order valence-electron chi connectivity index (χ0n) is 11.0. The Labute approximate surface area is 133 Å². The van der Waals surface area contributed by atoms with Gasteiger partial charge in [0, 0.05) is 82.4 Å². The predicted octanol–water partition coefficient (Wildman–Crippen LogP) is 2.55. The normalized spacial score (nSPS) is 2.91. The van der Waals surface area contributed by atoms with E-state index in [1.807, 2.05) is 0 Å². The van der Waals surface area contributed by atoms with Crippen LogP contribution in [-0.4, -0.2) is 52.9 Å². The summed E-state index contributed by atoms with van der Waals surface area (Å²) in [5.41, 5.74) is 0. The van der Waals surface area contributed by atoms with E-state index in [9.17, 15) is 0 Å². The molecule has 0 rings (SSSR count). The van der Waals surface area contributed by atoms with Crippen LogP contribution in [-0.2, 0) is 9.47 Å². The molecule has 0 bridgehead atoms. The van der Waals surface area contributed by atoms with Crippen LogP contribution in [0.4, 0.5) is 0 Å². The Kier molecular flexibility index (Phi) is 557000. The summed E-state index contributed by atoms with van der Waals surface area (Å²) in [4.78, 5) is 56.0. The highest BCUT2D eigenvalue weighted by Crippen LogP contribution is 1.28. The predicted molar refractivity (Wildman–Crippen MR) is 96.0 cm³/mol. The molecule has 0 saturated carbocycles. The Bertz CT molecular complexity index is 42.9. The number of methoxy groups -OCH3 is 2. The lowest BCUT2D eigenvalue weighted by Gasteiger charge is -1.61. The zero-order chi connectivity index (χ0) is 17.4. The first-order valence-corrected chi connectivity index (χ1v) is 3.19. The van der Waals surface area contributed by atoms with Gasteiger partial charge in [0.15, 0.2) is 0 Å². The van der Waals surface area contributed by atoms with Crippen molar-refractivity contribution < 1.29 is 19.7 Å². The van der Waals surface area contributed by atoms with Crippen molar-refractivity contribution in [2.75, 3.05) is 42.7 Å². The van der Waals surface area contributed by atoms with Crippen molar-refractivity contribution in [3.8, 4) is 0 Å². The van der Waals surface area contributed by atoms with E-state index in [1.54, 1.807) is 28.4 Å². The first-order valence-electron chi connectivity index (χ1n) is 3.19. The molecule has 12 heteroatoms. The molecule has 0 heterocycles. The lowest BCUT2D eigenvalue weighted by atomic mass is 11.6. The van der Waals surface area contributed by atoms with E-state index in [0.717, 1.165) is 14.2 Å². The zero-order valence-corrected chi connectivity index (χ0v) is 11.0. The molecule has 0 aromatic heterocycles. The summed E-state index contributed by atoms with van der Waals surface area (Å²) in [5.74, 6) is 0. The summed E-state index contributed by atoms with van der Waals surface area (Å²) in [7, 11) is 8.50. The quantitative estimate of drug-likeness (QED) is 0.649. The van der Waals surface area contributed by atoms with Crippen LogP contribution < -0.4 is 0 Å². The van der Waals surface area contributed by atoms with Gasteiger partial charge in [-0.3, -0.25) is 0 Å². The monoisotopic (exact) mass is 348 g/mol. The summed E-state index contributed by atoms with van der Waals surface area (Å²) in [6.07, 6.45) is 0. The molecule has 0 aliphatic rings. The van der Waals surface area contributed by atoms with Gasteiger partial charge >= 0.3 is 0 Å². The van der Waals surface area contributed by atoms with E-state index < -0.39 is 0 Å². The highest BCUT2D eigenvalue weighted by atomic mass is 16.7. The largest absolute Gasteiger partial charge is 0.400 e. The van der Waals surface area contributed by atoms with Crippen LogP contribution in [0.1, 0.15) is 29.7 Å². The molecule has 148 valence electrons. The molecule has 0 amide bonds. The number of aliphatic hydroxyl groups is 2. The Balaban J connectivity index is -0.00000000511.